The number of aromatic nitrogens is 2. The molecule has 3 aromatic rings. The minimum absolute atomic E-state index is 0.0653. The fourth-order valence-corrected chi connectivity index (χ4v) is 5.82. The third kappa shape index (κ3) is 4.78. The van der Waals surface area contributed by atoms with E-state index in [1.54, 1.807) is 0 Å². The van der Waals surface area contributed by atoms with E-state index in [1.165, 1.54) is 49.9 Å². The van der Waals surface area contributed by atoms with Gasteiger partial charge in [-0.15, -0.1) is 0 Å². The minimum Gasteiger partial charge on any atom is -0.345 e. The van der Waals surface area contributed by atoms with Gasteiger partial charge in [0.1, 0.15) is 0 Å². The van der Waals surface area contributed by atoms with Crippen LogP contribution in [0, 0.1) is 5.92 Å². The Labute approximate surface area is 201 Å². The van der Waals surface area contributed by atoms with Gasteiger partial charge in [-0.2, -0.15) is 5.10 Å². The first-order valence-electron chi connectivity index (χ1n) is 12.6. The summed E-state index contributed by atoms with van der Waals surface area (Å²) in [5.41, 5.74) is 1.56. The number of fused-ring (bicyclic) bond motifs is 2. The second-order valence-electron chi connectivity index (χ2n) is 9.89. The molecule has 1 aromatic heterocycles. The van der Waals surface area contributed by atoms with Crippen LogP contribution in [0.1, 0.15) is 43.4 Å². The van der Waals surface area contributed by atoms with Gasteiger partial charge in [0.05, 0.1) is 24.0 Å². The van der Waals surface area contributed by atoms with Crippen molar-refractivity contribution in [2.24, 2.45) is 5.92 Å². The number of benzene rings is 2. The van der Waals surface area contributed by atoms with Crippen molar-refractivity contribution in [2.45, 2.75) is 51.1 Å². The maximum absolute atomic E-state index is 13.3. The van der Waals surface area contributed by atoms with Crippen LogP contribution in [-0.2, 0) is 17.8 Å². The first-order chi connectivity index (χ1) is 16.6. The van der Waals surface area contributed by atoms with Gasteiger partial charge in [0.2, 0.25) is 5.91 Å². The molecule has 0 bridgehead atoms. The van der Waals surface area contributed by atoms with Gasteiger partial charge in [0.15, 0.2) is 0 Å². The number of carbonyl (C=O) groups excluding carboxylic acids is 1. The Morgan fingerprint density at radius 2 is 1.71 bits per heavy atom. The molecule has 0 unspecified atom stereocenters. The molecule has 6 heteroatoms. The maximum atomic E-state index is 13.3. The monoisotopic (exact) mass is 458 g/mol. The normalized spacial score (nSPS) is 20.7. The van der Waals surface area contributed by atoms with E-state index in [4.69, 9.17) is 0 Å². The highest BCUT2D eigenvalue weighted by molar-refractivity contribution is 5.88. The number of carbonyl (C=O) groups is 1. The predicted molar refractivity (Wildman–Crippen MR) is 135 cm³/mol. The highest BCUT2D eigenvalue weighted by Crippen LogP contribution is 2.31. The van der Waals surface area contributed by atoms with Crippen molar-refractivity contribution < 1.29 is 4.79 Å². The molecule has 6 nitrogen and oxygen atoms in total. The summed E-state index contributed by atoms with van der Waals surface area (Å²) in [5, 5.41) is 6.07. The van der Waals surface area contributed by atoms with Crippen LogP contribution in [-0.4, -0.2) is 58.2 Å². The summed E-state index contributed by atoms with van der Waals surface area (Å²) in [4.78, 5) is 31.0. The molecule has 0 spiro atoms. The molecular formula is C28H34N4O2. The van der Waals surface area contributed by atoms with Crippen molar-refractivity contribution in [3.8, 4) is 0 Å². The summed E-state index contributed by atoms with van der Waals surface area (Å²) in [7, 11) is 1.92. The average Bonchev–Trinajstić information content (AvgIpc) is 2.87. The van der Waals surface area contributed by atoms with Crippen LogP contribution in [0.15, 0.2) is 59.4 Å². The minimum atomic E-state index is -0.122. The molecule has 3 heterocycles. The number of amides is 1. The SMILES string of the molecule is CN(C[C@H]1CCCN2CCCC[C@@H]12)C(=O)Cc1nn(Cc2ccccc2)c(=O)c2ccccc12. The van der Waals surface area contributed by atoms with E-state index in [-0.39, 0.29) is 17.9 Å². The second kappa shape index (κ2) is 10.1. The zero-order valence-electron chi connectivity index (χ0n) is 20.0. The third-order valence-electron chi connectivity index (χ3n) is 7.60. The molecule has 0 saturated carbocycles. The van der Waals surface area contributed by atoms with Crippen molar-refractivity contribution in [3.05, 3.63) is 76.2 Å². The highest BCUT2D eigenvalue weighted by Gasteiger charge is 2.34. The van der Waals surface area contributed by atoms with E-state index >= 15 is 0 Å². The summed E-state index contributed by atoms with van der Waals surface area (Å²) in [6.07, 6.45) is 6.47. The molecule has 0 radical (unpaired) electrons. The summed E-state index contributed by atoms with van der Waals surface area (Å²) < 4.78 is 1.50. The highest BCUT2D eigenvalue weighted by atomic mass is 16.2. The first kappa shape index (κ1) is 22.8. The quantitative estimate of drug-likeness (QED) is 0.565. The lowest BCUT2D eigenvalue weighted by Gasteiger charge is -2.45. The van der Waals surface area contributed by atoms with Crippen molar-refractivity contribution in [3.63, 3.8) is 0 Å². The lowest BCUT2D eigenvalue weighted by Crippen LogP contribution is -2.51. The van der Waals surface area contributed by atoms with Crippen LogP contribution >= 0.6 is 0 Å². The van der Waals surface area contributed by atoms with Gasteiger partial charge in [-0.1, -0.05) is 55.0 Å². The summed E-state index contributed by atoms with van der Waals surface area (Å²) >= 11 is 0. The van der Waals surface area contributed by atoms with Crippen LogP contribution in [0.4, 0.5) is 0 Å². The van der Waals surface area contributed by atoms with Crippen molar-refractivity contribution in [2.75, 3.05) is 26.7 Å². The molecule has 2 aliphatic rings. The zero-order valence-corrected chi connectivity index (χ0v) is 20.0. The number of likely N-dealkylation sites (N-methyl/N-ethyl adjacent to an activating group) is 1. The van der Waals surface area contributed by atoms with Crippen molar-refractivity contribution in [1.82, 2.24) is 19.6 Å². The van der Waals surface area contributed by atoms with E-state index in [2.05, 4.69) is 10.00 Å². The molecule has 0 aliphatic carbocycles. The van der Waals surface area contributed by atoms with Crippen molar-refractivity contribution in [1.29, 1.82) is 0 Å². The number of hydrogen-bond acceptors (Lipinski definition) is 4. The lowest BCUT2D eigenvalue weighted by molar-refractivity contribution is -0.130. The van der Waals surface area contributed by atoms with Crippen LogP contribution in [0.2, 0.25) is 0 Å². The molecule has 2 aromatic carbocycles. The van der Waals surface area contributed by atoms with Gasteiger partial charge in [0, 0.05) is 25.0 Å². The number of nitrogens with zero attached hydrogens (tertiary/aromatic N) is 4. The Morgan fingerprint density at radius 1 is 0.971 bits per heavy atom. The van der Waals surface area contributed by atoms with E-state index < -0.39 is 0 Å². The number of rotatable bonds is 6. The van der Waals surface area contributed by atoms with E-state index in [1.807, 2.05) is 66.5 Å². The van der Waals surface area contributed by atoms with Gasteiger partial charge in [0.25, 0.3) is 5.56 Å². The van der Waals surface area contributed by atoms with Gasteiger partial charge >= 0.3 is 0 Å². The predicted octanol–water partition coefficient (Wildman–Crippen LogP) is 3.71. The topological polar surface area (TPSA) is 58.4 Å². The molecule has 2 atom stereocenters. The summed E-state index contributed by atoms with van der Waals surface area (Å²) in [6.45, 7) is 3.60. The Morgan fingerprint density at radius 3 is 2.53 bits per heavy atom. The third-order valence-corrected chi connectivity index (χ3v) is 7.60. The molecule has 5 rings (SSSR count). The number of hydrogen-bond donors (Lipinski definition) is 0. The molecule has 178 valence electrons. The lowest BCUT2D eigenvalue weighted by atomic mass is 9.83. The molecule has 2 saturated heterocycles. The van der Waals surface area contributed by atoms with Gasteiger partial charge in [-0.05, 0) is 56.3 Å². The van der Waals surface area contributed by atoms with Crippen LogP contribution < -0.4 is 5.56 Å². The Balaban J connectivity index is 1.36. The molecule has 2 aliphatic heterocycles. The Bertz CT molecular complexity index is 1200. The largest absolute Gasteiger partial charge is 0.345 e. The second-order valence-corrected chi connectivity index (χ2v) is 9.89. The van der Waals surface area contributed by atoms with E-state index in [0.717, 1.165) is 17.5 Å². The maximum Gasteiger partial charge on any atom is 0.274 e. The van der Waals surface area contributed by atoms with Crippen molar-refractivity contribution >= 4 is 16.7 Å². The number of piperidine rings is 2. The Hall–Kier alpha value is -2.99. The molecule has 1 amide bonds. The fraction of sp³-hybridized carbons (Fsp3) is 0.464. The first-order valence-corrected chi connectivity index (χ1v) is 12.6. The zero-order chi connectivity index (χ0) is 23.5. The van der Waals surface area contributed by atoms with E-state index in [9.17, 15) is 9.59 Å². The fourth-order valence-electron chi connectivity index (χ4n) is 5.82. The van der Waals surface area contributed by atoms with Gasteiger partial charge in [-0.25, -0.2) is 4.68 Å². The van der Waals surface area contributed by atoms with Crippen LogP contribution in [0.3, 0.4) is 0 Å². The molecule has 0 N–H and O–H groups in total. The van der Waals surface area contributed by atoms with Crippen LogP contribution in [0.5, 0.6) is 0 Å². The standard InChI is InChI=1S/C28H34N4O2/c1-30(20-22-12-9-17-31-16-8-7-15-26(22)31)27(33)18-25-23-13-5-6-14-24(23)28(34)32(29-25)19-21-10-3-2-4-11-21/h2-6,10-11,13-14,22,26H,7-9,12,15-20H2,1H3/t22-,26+/m1/s1. The summed E-state index contributed by atoms with van der Waals surface area (Å²) in [6, 6.07) is 18.0. The Kier molecular flexibility index (Phi) is 6.77. The van der Waals surface area contributed by atoms with Gasteiger partial charge < -0.3 is 9.80 Å². The smallest absolute Gasteiger partial charge is 0.274 e. The van der Waals surface area contributed by atoms with Crippen LogP contribution in [0.25, 0.3) is 10.8 Å². The average molecular weight is 459 g/mol. The summed E-state index contributed by atoms with van der Waals surface area (Å²) in [5.74, 6) is 0.607. The molecule has 34 heavy (non-hydrogen) atoms. The molecule has 2 fully saturated rings. The van der Waals surface area contributed by atoms with Gasteiger partial charge in [-0.3, -0.25) is 9.59 Å². The van der Waals surface area contributed by atoms with E-state index in [0.29, 0.717) is 29.6 Å². The molecular weight excluding hydrogens is 424 g/mol.